The number of carbonyl (C=O) groups is 1. The minimum absolute atomic E-state index is 0.0252. The number of nitrogens with zero attached hydrogens (tertiary/aromatic N) is 3. The predicted octanol–water partition coefficient (Wildman–Crippen LogP) is 4.39. The number of morpholine rings is 1. The normalized spacial score (nSPS) is 14.6. The van der Waals surface area contributed by atoms with Crippen LogP contribution in [0.4, 0.5) is 5.13 Å². The van der Waals surface area contributed by atoms with E-state index in [1.54, 1.807) is 29.2 Å². The molecule has 0 atom stereocenters. The number of hydrogen-bond donors (Lipinski definition) is 0. The maximum atomic E-state index is 13.7. The Labute approximate surface area is 201 Å². The fraction of sp³-hybridized carbons (Fsp3) is 0.346. The van der Waals surface area contributed by atoms with Crippen LogP contribution in [0.5, 0.6) is 0 Å². The standard InChI is InChI=1S/C26H27N3O4S/c1-17-14-18(2)23-22(15-17)34-26(27-23)29(9-5-8-28-10-12-32-13-11-28)25(31)20-16-33-21-7-4-3-6-19(21)24(20)30/h3-4,6-7,14-16H,5,8-13H2,1-2H3. The predicted molar refractivity (Wildman–Crippen MR) is 135 cm³/mol. The summed E-state index contributed by atoms with van der Waals surface area (Å²) in [5, 5.41) is 1.00. The fourth-order valence-electron chi connectivity index (χ4n) is 4.41. The minimum atomic E-state index is -0.380. The van der Waals surface area contributed by atoms with E-state index in [9.17, 15) is 9.59 Å². The molecule has 34 heavy (non-hydrogen) atoms. The van der Waals surface area contributed by atoms with Crippen LogP contribution in [-0.4, -0.2) is 55.2 Å². The highest BCUT2D eigenvalue weighted by Gasteiger charge is 2.25. The van der Waals surface area contributed by atoms with Crippen molar-refractivity contribution in [3.63, 3.8) is 0 Å². The smallest absolute Gasteiger partial charge is 0.267 e. The lowest BCUT2D eigenvalue weighted by Gasteiger charge is -2.27. The molecule has 1 aliphatic rings. The number of carbonyl (C=O) groups excluding carboxylic acids is 1. The second-order valence-corrected chi connectivity index (χ2v) is 9.67. The molecule has 0 N–H and O–H groups in total. The van der Waals surface area contributed by atoms with E-state index in [2.05, 4.69) is 24.0 Å². The molecular weight excluding hydrogens is 450 g/mol. The average molecular weight is 478 g/mol. The number of aryl methyl sites for hydroxylation is 2. The summed E-state index contributed by atoms with van der Waals surface area (Å²) in [6.07, 6.45) is 2.04. The van der Waals surface area contributed by atoms with Gasteiger partial charge in [0.05, 0.1) is 28.8 Å². The Hall–Kier alpha value is -3.07. The van der Waals surface area contributed by atoms with Gasteiger partial charge in [-0.25, -0.2) is 4.98 Å². The number of aromatic nitrogens is 1. The van der Waals surface area contributed by atoms with Gasteiger partial charge in [0.2, 0.25) is 5.43 Å². The van der Waals surface area contributed by atoms with Gasteiger partial charge in [-0.2, -0.15) is 0 Å². The van der Waals surface area contributed by atoms with Crippen LogP contribution in [0.3, 0.4) is 0 Å². The van der Waals surface area contributed by atoms with Crippen LogP contribution < -0.4 is 10.3 Å². The third kappa shape index (κ3) is 4.49. The molecule has 2 aromatic carbocycles. The van der Waals surface area contributed by atoms with Gasteiger partial charge >= 0.3 is 0 Å². The first-order valence-electron chi connectivity index (χ1n) is 11.5. The summed E-state index contributed by atoms with van der Waals surface area (Å²) in [5.74, 6) is -0.380. The van der Waals surface area contributed by atoms with Crippen LogP contribution in [0.15, 0.2) is 51.9 Å². The first kappa shape index (κ1) is 22.7. The number of hydrogen-bond acceptors (Lipinski definition) is 7. The van der Waals surface area contributed by atoms with Crippen molar-refractivity contribution in [2.45, 2.75) is 20.3 Å². The van der Waals surface area contributed by atoms with E-state index in [4.69, 9.17) is 14.1 Å². The largest absolute Gasteiger partial charge is 0.463 e. The Bertz CT molecular complexity index is 1400. The van der Waals surface area contributed by atoms with Crippen molar-refractivity contribution in [1.29, 1.82) is 0 Å². The third-order valence-corrected chi connectivity index (χ3v) is 7.19. The lowest BCUT2D eigenvalue weighted by molar-refractivity contribution is 0.0376. The number of anilines is 1. The molecule has 8 heteroatoms. The zero-order valence-electron chi connectivity index (χ0n) is 19.4. The van der Waals surface area contributed by atoms with Crippen LogP contribution >= 0.6 is 11.3 Å². The molecule has 0 saturated carbocycles. The molecule has 0 radical (unpaired) electrons. The lowest BCUT2D eigenvalue weighted by Crippen LogP contribution is -2.40. The van der Waals surface area contributed by atoms with Gasteiger partial charge in [0.25, 0.3) is 5.91 Å². The zero-order chi connectivity index (χ0) is 23.7. The van der Waals surface area contributed by atoms with Crippen LogP contribution in [0.25, 0.3) is 21.2 Å². The van der Waals surface area contributed by atoms with Gasteiger partial charge in [-0.15, -0.1) is 0 Å². The van der Waals surface area contributed by atoms with Crippen molar-refractivity contribution in [2.75, 3.05) is 44.3 Å². The molecule has 1 fully saturated rings. The van der Waals surface area contributed by atoms with E-state index in [0.717, 1.165) is 60.6 Å². The van der Waals surface area contributed by atoms with E-state index in [-0.39, 0.29) is 16.9 Å². The highest BCUT2D eigenvalue weighted by Crippen LogP contribution is 2.32. The van der Waals surface area contributed by atoms with E-state index < -0.39 is 0 Å². The molecule has 3 heterocycles. The van der Waals surface area contributed by atoms with Gasteiger partial charge in [-0.05, 0) is 49.6 Å². The summed E-state index contributed by atoms with van der Waals surface area (Å²) in [7, 11) is 0. The summed E-state index contributed by atoms with van der Waals surface area (Å²) < 4.78 is 12.1. The molecule has 0 aliphatic carbocycles. The van der Waals surface area contributed by atoms with Crippen molar-refractivity contribution in [3.05, 3.63) is 69.6 Å². The van der Waals surface area contributed by atoms with Gasteiger partial charge < -0.3 is 9.15 Å². The van der Waals surface area contributed by atoms with E-state index >= 15 is 0 Å². The summed E-state index contributed by atoms with van der Waals surface area (Å²) in [6.45, 7) is 8.64. The second-order valence-electron chi connectivity index (χ2n) is 8.66. The molecule has 4 aromatic rings. The number of benzene rings is 2. The van der Waals surface area contributed by atoms with Crippen molar-refractivity contribution >= 4 is 43.6 Å². The lowest BCUT2D eigenvalue weighted by atomic mass is 10.1. The van der Waals surface area contributed by atoms with Gasteiger partial charge in [-0.1, -0.05) is 29.5 Å². The van der Waals surface area contributed by atoms with Crippen LogP contribution in [0.2, 0.25) is 0 Å². The molecule has 0 unspecified atom stereocenters. The molecule has 0 bridgehead atoms. The number of para-hydroxylation sites is 1. The van der Waals surface area contributed by atoms with Gasteiger partial charge in [0.15, 0.2) is 5.13 Å². The summed E-state index contributed by atoms with van der Waals surface area (Å²) in [4.78, 5) is 35.7. The average Bonchev–Trinajstić information content (AvgIpc) is 3.26. The van der Waals surface area contributed by atoms with Gasteiger partial charge in [-0.3, -0.25) is 19.4 Å². The van der Waals surface area contributed by atoms with E-state index in [1.807, 2.05) is 6.92 Å². The van der Waals surface area contributed by atoms with E-state index in [1.165, 1.54) is 17.6 Å². The first-order chi connectivity index (χ1) is 16.5. The van der Waals surface area contributed by atoms with E-state index in [0.29, 0.717) is 22.6 Å². The Kier molecular flexibility index (Phi) is 6.45. The third-order valence-electron chi connectivity index (χ3n) is 6.16. The highest BCUT2D eigenvalue weighted by atomic mass is 32.1. The number of ether oxygens (including phenoxy) is 1. The molecule has 7 nitrogen and oxygen atoms in total. The van der Waals surface area contributed by atoms with Crippen molar-refractivity contribution in [2.24, 2.45) is 0 Å². The number of thiazole rings is 1. The quantitative estimate of drug-likeness (QED) is 0.410. The Morgan fingerprint density at radius 3 is 2.79 bits per heavy atom. The molecule has 176 valence electrons. The molecule has 2 aromatic heterocycles. The number of amides is 1. The van der Waals surface area contributed by atoms with Crippen LogP contribution in [-0.2, 0) is 4.74 Å². The van der Waals surface area contributed by atoms with Crippen LogP contribution in [0.1, 0.15) is 27.9 Å². The Morgan fingerprint density at radius 1 is 1.18 bits per heavy atom. The Morgan fingerprint density at radius 2 is 1.97 bits per heavy atom. The maximum absolute atomic E-state index is 13.7. The topological polar surface area (TPSA) is 75.9 Å². The monoisotopic (exact) mass is 477 g/mol. The molecule has 1 saturated heterocycles. The van der Waals surface area contributed by atoms with Crippen LogP contribution in [0, 0.1) is 13.8 Å². The van der Waals surface area contributed by atoms with Gasteiger partial charge in [0.1, 0.15) is 17.4 Å². The van der Waals surface area contributed by atoms with Crippen molar-refractivity contribution in [3.8, 4) is 0 Å². The fourth-order valence-corrected chi connectivity index (χ4v) is 5.57. The summed E-state index contributed by atoms with van der Waals surface area (Å²) >= 11 is 1.48. The summed E-state index contributed by atoms with van der Waals surface area (Å²) in [5.41, 5.74) is 3.29. The SMILES string of the molecule is Cc1cc(C)c2nc(N(CCCN3CCOCC3)C(=O)c3coc4ccccc4c3=O)sc2c1. The number of rotatable bonds is 6. The zero-order valence-corrected chi connectivity index (χ0v) is 20.2. The maximum Gasteiger partial charge on any atom is 0.267 e. The summed E-state index contributed by atoms with van der Waals surface area (Å²) in [6, 6.07) is 11.2. The van der Waals surface area contributed by atoms with Crippen molar-refractivity contribution < 1.29 is 13.9 Å². The highest BCUT2D eigenvalue weighted by molar-refractivity contribution is 7.22. The second kappa shape index (κ2) is 9.66. The number of fused-ring (bicyclic) bond motifs is 2. The molecule has 1 amide bonds. The minimum Gasteiger partial charge on any atom is -0.463 e. The first-order valence-corrected chi connectivity index (χ1v) is 12.3. The van der Waals surface area contributed by atoms with Crippen molar-refractivity contribution in [1.82, 2.24) is 9.88 Å². The Balaban J connectivity index is 1.49. The molecule has 0 spiro atoms. The molecule has 5 rings (SSSR count). The molecular formula is C26H27N3O4S. The van der Waals surface area contributed by atoms with Gasteiger partial charge in [0, 0.05) is 26.2 Å². The molecule has 1 aliphatic heterocycles.